The number of rotatable bonds is 4. The van der Waals surface area contributed by atoms with Crippen molar-refractivity contribution in [1.29, 1.82) is 0 Å². The van der Waals surface area contributed by atoms with Crippen LogP contribution in [0.2, 0.25) is 0 Å². The van der Waals surface area contributed by atoms with E-state index >= 15 is 0 Å². The lowest BCUT2D eigenvalue weighted by atomic mass is 9.81. The lowest BCUT2D eigenvalue weighted by molar-refractivity contribution is 0.232. The van der Waals surface area contributed by atoms with E-state index in [1.165, 1.54) is 19.3 Å². The lowest BCUT2D eigenvalue weighted by Gasteiger charge is -2.40. The van der Waals surface area contributed by atoms with Crippen LogP contribution in [0, 0.1) is 11.2 Å². The van der Waals surface area contributed by atoms with Crippen LogP contribution in [0.5, 0.6) is 5.75 Å². The van der Waals surface area contributed by atoms with Gasteiger partial charge in [0.2, 0.25) is 0 Å². The molecule has 0 radical (unpaired) electrons. The second kappa shape index (κ2) is 6.35. The van der Waals surface area contributed by atoms with Crippen molar-refractivity contribution in [3.63, 3.8) is 0 Å². The molecule has 2 nitrogen and oxygen atoms in total. The van der Waals surface area contributed by atoms with Crippen molar-refractivity contribution in [3.8, 4) is 5.75 Å². The average molecular weight is 297 g/mol. The minimum absolute atomic E-state index is 0.137. The number of methoxy groups -OCH3 is 1. The Hall–Kier alpha value is -0.740. The quantitative estimate of drug-likeness (QED) is 0.907. The van der Waals surface area contributed by atoms with Gasteiger partial charge in [0.05, 0.1) is 7.11 Å². The van der Waals surface area contributed by atoms with Crippen molar-refractivity contribution < 1.29 is 9.13 Å². The molecule has 2 unspecified atom stereocenters. The smallest absolute Gasteiger partial charge is 0.165 e. The monoisotopic (exact) mass is 297 g/mol. The van der Waals surface area contributed by atoms with Gasteiger partial charge < -0.3 is 10.1 Å². The van der Waals surface area contributed by atoms with Crippen LogP contribution in [0.4, 0.5) is 4.39 Å². The molecule has 0 bridgehead atoms. The van der Waals surface area contributed by atoms with Crippen LogP contribution in [0.15, 0.2) is 18.2 Å². The molecule has 1 heterocycles. The van der Waals surface area contributed by atoms with Gasteiger partial charge in [-0.05, 0) is 42.2 Å². The number of hydrogen-bond acceptors (Lipinski definition) is 3. The van der Waals surface area contributed by atoms with Gasteiger partial charge in [0.15, 0.2) is 11.6 Å². The molecule has 1 N–H and O–H groups in total. The summed E-state index contributed by atoms with van der Waals surface area (Å²) in [4.78, 5) is 0. The number of thioether (sulfide) groups is 1. The number of hydrogen-bond donors (Lipinski definition) is 1. The van der Waals surface area contributed by atoms with Gasteiger partial charge in [0, 0.05) is 17.8 Å². The van der Waals surface area contributed by atoms with E-state index in [-0.39, 0.29) is 11.9 Å². The van der Waals surface area contributed by atoms with E-state index in [9.17, 15) is 4.39 Å². The molecule has 0 spiro atoms. The van der Waals surface area contributed by atoms with E-state index in [0.29, 0.717) is 17.2 Å². The topological polar surface area (TPSA) is 21.3 Å². The zero-order valence-electron chi connectivity index (χ0n) is 12.7. The molecule has 4 heteroatoms. The Labute approximate surface area is 125 Å². The van der Waals surface area contributed by atoms with Gasteiger partial charge in [-0.25, -0.2) is 4.39 Å². The van der Waals surface area contributed by atoms with Gasteiger partial charge >= 0.3 is 0 Å². The van der Waals surface area contributed by atoms with E-state index in [0.717, 1.165) is 11.3 Å². The van der Waals surface area contributed by atoms with Crippen molar-refractivity contribution in [3.05, 3.63) is 29.6 Å². The average Bonchev–Trinajstić information content (AvgIpc) is 2.41. The molecule has 1 aliphatic heterocycles. The Balaban J connectivity index is 2.07. The molecule has 20 heavy (non-hydrogen) atoms. The minimum Gasteiger partial charge on any atom is -0.494 e. The summed E-state index contributed by atoms with van der Waals surface area (Å²) in [5.74, 6) is 2.36. The van der Waals surface area contributed by atoms with E-state index in [2.05, 4.69) is 26.1 Å². The zero-order chi connectivity index (χ0) is 14.8. The van der Waals surface area contributed by atoms with Gasteiger partial charge in [0.25, 0.3) is 0 Å². The van der Waals surface area contributed by atoms with Crippen molar-refractivity contribution in [2.24, 2.45) is 5.41 Å². The molecule has 2 rings (SSSR count). The summed E-state index contributed by atoms with van der Waals surface area (Å²) in [7, 11) is 1.49. The van der Waals surface area contributed by atoms with Crippen LogP contribution >= 0.6 is 11.8 Å². The Morgan fingerprint density at radius 2 is 2.20 bits per heavy atom. The summed E-state index contributed by atoms with van der Waals surface area (Å²) in [5.41, 5.74) is 1.26. The Kier molecular flexibility index (Phi) is 4.97. The number of ether oxygens (including phenoxy) is 1. The SMILES string of the molecule is COc1ccc(C(C)NC2CSCCC2(C)C)cc1F. The Morgan fingerprint density at radius 3 is 2.80 bits per heavy atom. The van der Waals surface area contributed by atoms with Crippen molar-refractivity contribution >= 4 is 11.8 Å². The molecular formula is C16H24FNOS. The second-order valence-corrected chi connectivity index (χ2v) is 7.30. The molecule has 1 fully saturated rings. The highest BCUT2D eigenvalue weighted by molar-refractivity contribution is 7.99. The molecule has 0 aromatic heterocycles. The third kappa shape index (κ3) is 3.47. The third-order valence-corrected chi connectivity index (χ3v) is 5.31. The van der Waals surface area contributed by atoms with Crippen LogP contribution in [-0.4, -0.2) is 24.7 Å². The van der Waals surface area contributed by atoms with E-state index in [4.69, 9.17) is 4.74 Å². The first-order chi connectivity index (χ1) is 9.44. The fourth-order valence-electron chi connectivity index (χ4n) is 2.56. The van der Waals surface area contributed by atoms with Gasteiger partial charge in [-0.3, -0.25) is 0 Å². The van der Waals surface area contributed by atoms with E-state index in [1.54, 1.807) is 12.1 Å². The standard InChI is InChI=1S/C16H24FNOS/c1-11(12-5-6-14(19-4)13(17)9-12)18-15-10-20-8-7-16(15,2)3/h5-6,9,11,15,18H,7-8,10H2,1-4H3. The van der Waals surface area contributed by atoms with Gasteiger partial charge in [0.1, 0.15) is 0 Å². The maximum Gasteiger partial charge on any atom is 0.165 e. The van der Waals surface area contributed by atoms with Crippen LogP contribution in [0.3, 0.4) is 0 Å². The zero-order valence-corrected chi connectivity index (χ0v) is 13.5. The van der Waals surface area contributed by atoms with Gasteiger partial charge in [-0.1, -0.05) is 19.9 Å². The first kappa shape index (κ1) is 15.6. The third-order valence-electron chi connectivity index (χ3n) is 4.25. The first-order valence-corrected chi connectivity index (χ1v) is 8.27. The maximum atomic E-state index is 13.8. The molecule has 1 aromatic carbocycles. The second-order valence-electron chi connectivity index (χ2n) is 6.15. The first-order valence-electron chi connectivity index (χ1n) is 7.11. The summed E-state index contributed by atoms with van der Waals surface area (Å²) in [5, 5.41) is 3.66. The molecular weight excluding hydrogens is 273 g/mol. The fraction of sp³-hybridized carbons (Fsp3) is 0.625. The fourth-order valence-corrected chi connectivity index (χ4v) is 4.18. The molecule has 0 amide bonds. The molecule has 1 aliphatic rings. The van der Waals surface area contributed by atoms with E-state index in [1.807, 2.05) is 17.8 Å². The summed E-state index contributed by atoms with van der Waals surface area (Å²) in [6.45, 7) is 6.72. The molecule has 112 valence electrons. The predicted octanol–water partition coefficient (Wildman–Crippen LogP) is 4.02. The number of halogens is 1. The highest BCUT2D eigenvalue weighted by Gasteiger charge is 2.33. The van der Waals surface area contributed by atoms with Crippen molar-refractivity contribution in [2.75, 3.05) is 18.6 Å². The van der Waals surface area contributed by atoms with Gasteiger partial charge in [-0.15, -0.1) is 0 Å². The molecule has 1 aromatic rings. The minimum atomic E-state index is -0.295. The van der Waals surface area contributed by atoms with Crippen molar-refractivity contribution in [2.45, 2.75) is 39.3 Å². The summed E-state index contributed by atoms with van der Waals surface area (Å²) >= 11 is 2.00. The molecule has 0 aliphatic carbocycles. The Morgan fingerprint density at radius 1 is 1.45 bits per heavy atom. The van der Waals surface area contributed by atoms with E-state index < -0.39 is 0 Å². The highest BCUT2D eigenvalue weighted by Crippen LogP contribution is 2.35. The largest absolute Gasteiger partial charge is 0.494 e. The van der Waals surface area contributed by atoms with Crippen LogP contribution in [0.1, 0.15) is 38.8 Å². The van der Waals surface area contributed by atoms with Crippen LogP contribution in [0.25, 0.3) is 0 Å². The van der Waals surface area contributed by atoms with Gasteiger partial charge in [-0.2, -0.15) is 11.8 Å². The predicted molar refractivity (Wildman–Crippen MR) is 84.0 cm³/mol. The molecule has 1 saturated heterocycles. The normalized spacial score (nSPS) is 23.4. The summed E-state index contributed by atoms with van der Waals surface area (Å²) in [6.07, 6.45) is 1.22. The maximum absolute atomic E-state index is 13.8. The molecule has 0 saturated carbocycles. The Bertz CT molecular complexity index is 464. The molecule has 2 atom stereocenters. The summed E-state index contributed by atoms with van der Waals surface area (Å²) < 4.78 is 18.7. The number of nitrogens with one attached hydrogen (secondary N) is 1. The van der Waals surface area contributed by atoms with Crippen molar-refractivity contribution in [1.82, 2.24) is 5.32 Å². The summed E-state index contributed by atoms with van der Waals surface area (Å²) in [6, 6.07) is 5.80. The number of benzene rings is 1. The highest BCUT2D eigenvalue weighted by atomic mass is 32.2. The van der Waals surface area contributed by atoms with Crippen LogP contribution < -0.4 is 10.1 Å². The van der Waals surface area contributed by atoms with Crippen LogP contribution in [-0.2, 0) is 0 Å². The lowest BCUT2D eigenvalue weighted by Crippen LogP contribution is -2.47.